The van der Waals surface area contributed by atoms with Crippen LogP contribution in [0.3, 0.4) is 0 Å². The highest BCUT2D eigenvalue weighted by Gasteiger charge is 2.24. The van der Waals surface area contributed by atoms with Crippen molar-refractivity contribution in [3.8, 4) is 0 Å². The van der Waals surface area contributed by atoms with E-state index in [-0.39, 0.29) is 11.2 Å². The zero-order valence-corrected chi connectivity index (χ0v) is 8.01. The molecular formula is C10H11NOS. The fraction of sp³-hybridized carbons (Fsp3) is 0.300. The maximum atomic E-state index is 11.2. The summed E-state index contributed by atoms with van der Waals surface area (Å²) in [5, 5.41) is 2.93. The van der Waals surface area contributed by atoms with Gasteiger partial charge in [0.25, 0.3) is 0 Å². The largest absolute Gasteiger partial charge is 0.346 e. The first-order valence-corrected chi connectivity index (χ1v) is 5.34. The Morgan fingerprint density at radius 1 is 1.38 bits per heavy atom. The Balaban J connectivity index is 2.02. The minimum absolute atomic E-state index is 0.113. The SMILES string of the molecule is O=C1NCSC1Cc1ccccc1. The fourth-order valence-corrected chi connectivity index (χ4v) is 2.35. The first-order chi connectivity index (χ1) is 6.36. The smallest absolute Gasteiger partial charge is 0.234 e. The summed E-state index contributed by atoms with van der Waals surface area (Å²) in [5.41, 5.74) is 1.23. The van der Waals surface area contributed by atoms with E-state index in [0.717, 1.165) is 12.3 Å². The van der Waals surface area contributed by atoms with Crippen molar-refractivity contribution in [2.75, 3.05) is 5.88 Å². The molecule has 13 heavy (non-hydrogen) atoms. The predicted molar refractivity (Wildman–Crippen MR) is 54.5 cm³/mol. The number of thioether (sulfide) groups is 1. The Hall–Kier alpha value is -0.960. The third-order valence-corrected chi connectivity index (χ3v) is 3.18. The van der Waals surface area contributed by atoms with Crippen LogP contribution in [0.15, 0.2) is 30.3 Å². The summed E-state index contributed by atoms with van der Waals surface area (Å²) >= 11 is 1.68. The second kappa shape index (κ2) is 3.83. The van der Waals surface area contributed by atoms with Crippen molar-refractivity contribution in [3.63, 3.8) is 0 Å². The number of amides is 1. The molecule has 0 radical (unpaired) electrons. The highest BCUT2D eigenvalue weighted by Crippen LogP contribution is 2.20. The van der Waals surface area contributed by atoms with Crippen molar-refractivity contribution < 1.29 is 4.79 Å². The van der Waals surface area contributed by atoms with Gasteiger partial charge in [0.2, 0.25) is 5.91 Å². The molecule has 1 unspecified atom stereocenters. The van der Waals surface area contributed by atoms with Crippen LogP contribution in [0.2, 0.25) is 0 Å². The molecule has 68 valence electrons. The predicted octanol–water partition coefficient (Wildman–Crippen LogP) is 1.42. The van der Waals surface area contributed by atoms with Crippen LogP contribution in [0.1, 0.15) is 5.56 Å². The van der Waals surface area contributed by atoms with Gasteiger partial charge >= 0.3 is 0 Å². The maximum absolute atomic E-state index is 11.2. The second-order valence-electron chi connectivity index (χ2n) is 3.03. The van der Waals surface area contributed by atoms with E-state index in [1.807, 2.05) is 18.2 Å². The molecule has 1 aliphatic rings. The van der Waals surface area contributed by atoms with Gasteiger partial charge < -0.3 is 5.32 Å². The fourth-order valence-electron chi connectivity index (χ4n) is 1.38. The molecule has 1 aliphatic heterocycles. The maximum Gasteiger partial charge on any atom is 0.234 e. The molecule has 3 heteroatoms. The van der Waals surface area contributed by atoms with Gasteiger partial charge in [-0.1, -0.05) is 30.3 Å². The number of benzene rings is 1. The third-order valence-electron chi connectivity index (χ3n) is 2.09. The van der Waals surface area contributed by atoms with Gasteiger partial charge in [-0.2, -0.15) is 0 Å². The van der Waals surface area contributed by atoms with Gasteiger partial charge in [0, 0.05) is 0 Å². The van der Waals surface area contributed by atoms with E-state index in [9.17, 15) is 4.79 Å². The zero-order valence-electron chi connectivity index (χ0n) is 7.19. The van der Waals surface area contributed by atoms with E-state index in [4.69, 9.17) is 0 Å². The van der Waals surface area contributed by atoms with Gasteiger partial charge in [0.1, 0.15) is 0 Å². The molecule has 1 fully saturated rings. The molecule has 0 aromatic heterocycles. The zero-order chi connectivity index (χ0) is 9.10. The number of carbonyl (C=O) groups is 1. The normalized spacial score (nSPS) is 21.5. The van der Waals surface area contributed by atoms with Gasteiger partial charge in [0.15, 0.2) is 0 Å². The van der Waals surface area contributed by atoms with Gasteiger partial charge in [-0.15, -0.1) is 11.8 Å². The number of hydrogen-bond acceptors (Lipinski definition) is 2. The Morgan fingerprint density at radius 3 is 2.77 bits per heavy atom. The van der Waals surface area contributed by atoms with Gasteiger partial charge in [-0.3, -0.25) is 4.79 Å². The molecule has 0 bridgehead atoms. The summed E-state index contributed by atoms with van der Waals surface area (Å²) in [5.74, 6) is 0.935. The third kappa shape index (κ3) is 2.04. The van der Waals surface area contributed by atoms with E-state index < -0.39 is 0 Å². The molecular weight excluding hydrogens is 182 g/mol. The van der Waals surface area contributed by atoms with Crippen molar-refractivity contribution in [3.05, 3.63) is 35.9 Å². The van der Waals surface area contributed by atoms with Crippen LogP contribution < -0.4 is 5.32 Å². The minimum atomic E-state index is 0.113. The van der Waals surface area contributed by atoms with Crippen LogP contribution in [0, 0.1) is 0 Å². The summed E-state index contributed by atoms with van der Waals surface area (Å²) in [6.07, 6.45) is 0.845. The molecule has 1 amide bonds. The van der Waals surface area contributed by atoms with E-state index in [1.54, 1.807) is 11.8 Å². The van der Waals surface area contributed by atoms with Gasteiger partial charge in [-0.25, -0.2) is 0 Å². The van der Waals surface area contributed by atoms with Crippen LogP contribution in [0.4, 0.5) is 0 Å². The monoisotopic (exact) mass is 193 g/mol. The van der Waals surface area contributed by atoms with Crippen molar-refractivity contribution in [2.24, 2.45) is 0 Å². The average Bonchev–Trinajstić information content (AvgIpc) is 2.54. The van der Waals surface area contributed by atoms with Crippen molar-refractivity contribution in [1.29, 1.82) is 0 Å². The van der Waals surface area contributed by atoms with Gasteiger partial charge in [0.05, 0.1) is 11.1 Å². The highest BCUT2D eigenvalue weighted by molar-refractivity contribution is 8.01. The molecule has 0 saturated carbocycles. The number of carbonyl (C=O) groups excluding carboxylic acids is 1. The summed E-state index contributed by atoms with van der Waals surface area (Å²) in [7, 11) is 0. The molecule has 0 spiro atoms. The molecule has 0 aliphatic carbocycles. The Labute approximate surface area is 81.7 Å². The van der Waals surface area contributed by atoms with Crippen molar-refractivity contribution in [2.45, 2.75) is 11.7 Å². The lowest BCUT2D eigenvalue weighted by Gasteiger charge is -2.04. The van der Waals surface area contributed by atoms with Crippen LogP contribution in [0.25, 0.3) is 0 Å². The van der Waals surface area contributed by atoms with E-state index in [2.05, 4.69) is 17.4 Å². The molecule has 1 saturated heterocycles. The van der Waals surface area contributed by atoms with E-state index >= 15 is 0 Å². The average molecular weight is 193 g/mol. The van der Waals surface area contributed by atoms with Crippen LogP contribution in [-0.2, 0) is 11.2 Å². The summed E-state index contributed by atoms with van der Waals surface area (Å²) in [6.45, 7) is 0. The highest BCUT2D eigenvalue weighted by atomic mass is 32.2. The quantitative estimate of drug-likeness (QED) is 0.769. The summed E-state index contributed by atoms with van der Waals surface area (Å²) in [6, 6.07) is 10.1. The minimum Gasteiger partial charge on any atom is -0.346 e. The van der Waals surface area contributed by atoms with Crippen LogP contribution in [0.5, 0.6) is 0 Å². The molecule has 1 aromatic carbocycles. The number of rotatable bonds is 2. The molecule has 1 N–H and O–H groups in total. The molecule has 1 atom stereocenters. The van der Waals surface area contributed by atoms with Crippen molar-refractivity contribution in [1.82, 2.24) is 5.32 Å². The van der Waals surface area contributed by atoms with E-state index in [1.165, 1.54) is 5.56 Å². The molecule has 1 heterocycles. The molecule has 2 nitrogen and oxygen atoms in total. The standard InChI is InChI=1S/C10H11NOS/c12-10-9(13-7-11-10)6-8-4-2-1-3-5-8/h1-5,9H,6-7H2,(H,11,12). The van der Waals surface area contributed by atoms with Crippen LogP contribution in [-0.4, -0.2) is 17.0 Å². The number of nitrogens with one attached hydrogen (secondary N) is 1. The van der Waals surface area contributed by atoms with E-state index in [0.29, 0.717) is 0 Å². The second-order valence-corrected chi connectivity index (χ2v) is 4.22. The van der Waals surface area contributed by atoms with Crippen molar-refractivity contribution >= 4 is 17.7 Å². The first-order valence-electron chi connectivity index (χ1n) is 4.29. The lowest BCUT2D eigenvalue weighted by molar-refractivity contribution is -0.119. The van der Waals surface area contributed by atoms with Crippen LogP contribution >= 0.6 is 11.8 Å². The molecule has 1 aromatic rings. The van der Waals surface area contributed by atoms with Gasteiger partial charge in [-0.05, 0) is 12.0 Å². The Kier molecular flexibility index (Phi) is 2.54. The lowest BCUT2D eigenvalue weighted by Crippen LogP contribution is -2.23. The Bertz CT molecular complexity index is 299. The lowest BCUT2D eigenvalue weighted by atomic mass is 10.1. The topological polar surface area (TPSA) is 29.1 Å². The summed E-state index contributed by atoms with van der Waals surface area (Å²) in [4.78, 5) is 11.2. The Morgan fingerprint density at radius 2 is 2.15 bits per heavy atom. The summed E-state index contributed by atoms with van der Waals surface area (Å²) < 4.78 is 0. The number of hydrogen-bond donors (Lipinski definition) is 1. The first kappa shape index (κ1) is 8.63. The molecule has 2 rings (SSSR count).